The Bertz CT molecular complexity index is 912. The predicted octanol–water partition coefficient (Wildman–Crippen LogP) is 3.99. The lowest BCUT2D eigenvalue weighted by atomic mass is 9.95. The van der Waals surface area contributed by atoms with Gasteiger partial charge in [0.1, 0.15) is 5.75 Å². The van der Waals surface area contributed by atoms with Crippen molar-refractivity contribution < 1.29 is 9.53 Å². The average Bonchev–Trinajstić information content (AvgIpc) is 3.21. The summed E-state index contributed by atoms with van der Waals surface area (Å²) < 4.78 is 7.92. The van der Waals surface area contributed by atoms with E-state index in [9.17, 15) is 4.79 Å². The maximum absolute atomic E-state index is 13.4. The van der Waals surface area contributed by atoms with Crippen molar-refractivity contribution in [2.24, 2.45) is 5.92 Å². The lowest BCUT2D eigenvalue weighted by Gasteiger charge is -2.32. The van der Waals surface area contributed by atoms with Crippen molar-refractivity contribution in [3.63, 3.8) is 0 Å². The summed E-state index contributed by atoms with van der Waals surface area (Å²) in [4.78, 5) is 19.5. The molecule has 1 fully saturated rings. The number of ether oxygens (including phenoxy) is 1. The zero-order chi connectivity index (χ0) is 18.6. The van der Waals surface area contributed by atoms with Crippen molar-refractivity contribution in [1.82, 2.24) is 14.5 Å². The van der Waals surface area contributed by atoms with Crippen molar-refractivity contribution in [2.75, 3.05) is 19.7 Å². The number of nitrogens with zero attached hydrogens (tertiary/aromatic N) is 3. The SMILES string of the molecule is CCOc1ccc2ccccc2c1C(=O)N1CCC(Cn2ccnc2)CC1. The molecule has 0 unspecified atom stereocenters. The summed E-state index contributed by atoms with van der Waals surface area (Å²) in [5.74, 6) is 1.35. The Morgan fingerprint density at radius 2 is 2.00 bits per heavy atom. The molecule has 4 rings (SSSR count). The molecule has 0 spiro atoms. The Balaban J connectivity index is 1.53. The smallest absolute Gasteiger partial charge is 0.258 e. The maximum atomic E-state index is 13.4. The fourth-order valence-electron chi connectivity index (χ4n) is 3.92. The standard InChI is InChI=1S/C22H25N3O2/c1-2-27-20-8-7-18-5-3-4-6-19(18)21(20)22(26)25-12-9-17(10-13-25)15-24-14-11-23-16-24/h3-8,11,14,16-17H,2,9-10,12-13,15H2,1H3. The van der Waals surface area contributed by atoms with E-state index in [0.29, 0.717) is 23.8 Å². The maximum Gasteiger partial charge on any atom is 0.258 e. The first-order valence-corrected chi connectivity index (χ1v) is 9.66. The summed E-state index contributed by atoms with van der Waals surface area (Å²) in [5.41, 5.74) is 0.697. The monoisotopic (exact) mass is 363 g/mol. The van der Waals surface area contributed by atoms with Crippen LogP contribution < -0.4 is 4.74 Å². The van der Waals surface area contributed by atoms with Crippen LogP contribution in [0.2, 0.25) is 0 Å². The lowest BCUT2D eigenvalue weighted by molar-refractivity contribution is 0.0681. The molecular weight excluding hydrogens is 338 g/mol. The fourth-order valence-corrected chi connectivity index (χ4v) is 3.92. The molecule has 0 saturated carbocycles. The molecule has 2 heterocycles. The number of rotatable bonds is 5. The third-order valence-corrected chi connectivity index (χ3v) is 5.33. The highest BCUT2D eigenvalue weighted by atomic mass is 16.5. The van der Waals surface area contributed by atoms with Crippen LogP contribution in [0.5, 0.6) is 5.75 Å². The number of hydrogen-bond donors (Lipinski definition) is 0. The largest absolute Gasteiger partial charge is 0.493 e. The molecule has 2 aromatic carbocycles. The second-order valence-corrected chi connectivity index (χ2v) is 7.09. The number of amides is 1. The minimum absolute atomic E-state index is 0.0799. The third kappa shape index (κ3) is 3.68. The Kier molecular flexibility index (Phi) is 5.10. The van der Waals surface area contributed by atoms with Gasteiger partial charge in [-0.15, -0.1) is 0 Å². The van der Waals surface area contributed by atoms with Gasteiger partial charge in [-0.1, -0.05) is 30.3 Å². The molecule has 0 aliphatic carbocycles. The Morgan fingerprint density at radius 1 is 1.19 bits per heavy atom. The second kappa shape index (κ2) is 7.82. The summed E-state index contributed by atoms with van der Waals surface area (Å²) in [6.45, 7) is 5.04. The van der Waals surface area contributed by atoms with Crippen molar-refractivity contribution >= 4 is 16.7 Å². The molecule has 5 nitrogen and oxygen atoms in total. The number of fused-ring (bicyclic) bond motifs is 1. The van der Waals surface area contributed by atoms with Crippen molar-refractivity contribution in [2.45, 2.75) is 26.3 Å². The van der Waals surface area contributed by atoms with Crippen LogP contribution in [0.25, 0.3) is 10.8 Å². The molecule has 140 valence electrons. The zero-order valence-corrected chi connectivity index (χ0v) is 15.7. The number of aromatic nitrogens is 2. The Hall–Kier alpha value is -2.82. The van der Waals surface area contributed by atoms with Gasteiger partial charge >= 0.3 is 0 Å². The molecule has 1 aliphatic rings. The van der Waals surface area contributed by atoms with E-state index in [4.69, 9.17) is 4.74 Å². The molecule has 3 aromatic rings. The van der Waals surface area contributed by atoms with E-state index >= 15 is 0 Å². The van der Waals surface area contributed by atoms with Crippen LogP contribution in [-0.2, 0) is 6.54 Å². The van der Waals surface area contributed by atoms with Crippen LogP contribution >= 0.6 is 0 Å². The van der Waals surface area contributed by atoms with Gasteiger partial charge in [-0.05, 0) is 42.5 Å². The quantitative estimate of drug-likeness (QED) is 0.689. The highest BCUT2D eigenvalue weighted by Crippen LogP contribution is 2.31. The van der Waals surface area contributed by atoms with Gasteiger partial charge in [-0.25, -0.2) is 4.98 Å². The molecule has 5 heteroatoms. The van der Waals surface area contributed by atoms with Crippen LogP contribution in [0.1, 0.15) is 30.1 Å². The molecule has 1 aliphatic heterocycles. The van der Waals surface area contributed by atoms with Gasteiger partial charge in [0.05, 0.1) is 18.5 Å². The number of imidazole rings is 1. The number of piperidine rings is 1. The van der Waals surface area contributed by atoms with Crippen LogP contribution in [-0.4, -0.2) is 40.1 Å². The number of likely N-dealkylation sites (tertiary alicyclic amines) is 1. The topological polar surface area (TPSA) is 47.4 Å². The van der Waals surface area contributed by atoms with Crippen LogP contribution in [0, 0.1) is 5.92 Å². The van der Waals surface area contributed by atoms with E-state index in [-0.39, 0.29) is 5.91 Å². The average molecular weight is 363 g/mol. The molecule has 1 amide bonds. The molecule has 0 bridgehead atoms. The number of carbonyl (C=O) groups excluding carboxylic acids is 1. The van der Waals surface area contributed by atoms with Gasteiger partial charge in [-0.3, -0.25) is 4.79 Å². The Labute approximate surface area is 159 Å². The number of hydrogen-bond acceptors (Lipinski definition) is 3. The molecule has 0 radical (unpaired) electrons. The first kappa shape index (κ1) is 17.6. The molecule has 1 aromatic heterocycles. The van der Waals surface area contributed by atoms with Gasteiger partial charge in [0.25, 0.3) is 5.91 Å². The molecule has 0 atom stereocenters. The van der Waals surface area contributed by atoms with E-state index in [2.05, 4.69) is 9.55 Å². The minimum atomic E-state index is 0.0799. The predicted molar refractivity (Wildman–Crippen MR) is 106 cm³/mol. The summed E-state index contributed by atoms with van der Waals surface area (Å²) >= 11 is 0. The first-order chi connectivity index (χ1) is 13.3. The number of carbonyl (C=O) groups is 1. The minimum Gasteiger partial charge on any atom is -0.493 e. The van der Waals surface area contributed by atoms with Crippen molar-refractivity contribution in [3.05, 3.63) is 60.7 Å². The van der Waals surface area contributed by atoms with Gasteiger partial charge < -0.3 is 14.2 Å². The second-order valence-electron chi connectivity index (χ2n) is 7.09. The van der Waals surface area contributed by atoms with Crippen LogP contribution in [0.3, 0.4) is 0 Å². The highest BCUT2D eigenvalue weighted by molar-refractivity contribution is 6.09. The zero-order valence-electron chi connectivity index (χ0n) is 15.7. The normalized spacial score (nSPS) is 15.2. The van der Waals surface area contributed by atoms with E-state index in [1.165, 1.54) is 0 Å². The molecule has 27 heavy (non-hydrogen) atoms. The van der Waals surface area contributed by atoms with Gasteiger partial charge in [0.2, 0.25) is 0 Å². The van der Waals surface area contributed by atoms with E-state index in [1.54, 1.807) is 0 Å². The Morgan fingerprint density at radius 3 is 2.74 bits per heavy atom. The van der Waals surface area contributed by atoms with Crippen LogP contribution in [0.15, 0.2) is 55.1 Å². The summed E-state index contributed by atoms with van der Waals surface area (Å²) in [7, 11) is 0. The van der Waals surface area contributed by atoms with Gasteiger partial charge in [0.15, 0.2) is 0 Å². The fraction of sp³-hybridized carbons (Fsp3) is 0.364. The molecule has 1 saturated heterocycles. The third-order valence-electron chi connectivity index (χ3n) is 5.33. The van der Waals surface area contributed by atoms with Crippen molar-refractivity contribution in [3.8, 4) is 5.75 Å². The van der Waals surface area contributed by atoms with E-state index < -0.39 is 0 Å². The first-order valence-electron chi connectivity index (χ1n) is 9.66. The van der Waals surface area contributed by atoms with Crippen molar-refractivity contribution in [1.29, 1.82) is 0 Å². The molecular formula is C22H25N3O2. The lowest BCUT2D eigenvalue weighted by Crippen LogP contribution is -2.39. The van der Waals surface area contributed by atoms with E-state index in [1.807, 2.05) is 66.9 Å². The number of benzene rings is 2. The van der Waals surface area contributed by atoms with Gasteiger partial charge in [-0.2, -0.15) is 0 Å². The van der Waals surface area contributed by atoms with E-state index in [0.717, 1.165) is 43.2 Å². The highest BCUT2D eigenvalue weighted by Gasteiger charge is 2.27. The van der Waals surface area contributed by atoms with Crippen LogP contribution in [0.4, 0.5) is 0 Å². The summed E-state index contributed by atoms with van der Waals surface area (Å²) in [6.07, 6.45) is 7.70. The molecule has 0 N–H and O–H groups in total. The summed E-state index contributed by atoms with van der Waals surface area (Å²) in [5, 5.41) is 2.04. The van der Waals surface area contributed by atoms with Gasteiger partial charge in [0, 0.05) is 32.0 Å². The summed E-state index contributed by atoms with van der Waals surface area (Å²) in [6, 6.07) is 12.0.